The van der Waals surface area contributed by atoms with Crippen LogP contribution in [-0.4, -0.2) is 22.6 Å². The van der Waals surface area contributed by atoms with Crippen molar-refractivity contribution in [1.82, 2.24) is 9.55 Å². The van der Waals surface area contributed by atoms with Crippen molar-refractivity contribution < 1.29 is 9.53 Å². The first-order valence-corrected chi connectivity index (χ1v) is 6.05. The summed E-state index contributed by atoms with van der Waals surface area (Å²) in [5.41, 5.74) is 7.98. The van der Waals surface area contributed by atoms with Gasteiger partial charge in [0.2, 0.25) is 0 Å². The Morgan fingerprint density at radius 1 is 1.37 bits per heavy atom. The molecule has 0 aliphatic carbocycles. The normalized spacial score (nSPS) is 13.8. The molecule has 2 N–H and O–H groups in total. The maximum Gasteiger partial charge on any atom is 0.328 e. The van der Waals surface area contributed by atoms with Gasteiger partial charge in [-0.3, -0.25) is 0 Å². The minimum absolute atomic E-state index is 0.320. The number of nitrogens with zero attached hydrogens (tertiary/aromatic N) is 2. The van der Waals surface area contributed by atoms with Crippen LogP contribution in [0.1, 0.15) is 30.3 Å². The van der Waals surface area contributed by atoms with Gasteiger partial charge in [-0.2, -0.15) is 0 Å². The summed E-state index contributed by atoms with van der Waals surface area (Å²) in [6, 6.07) is 8.92. The lowest BCUT2D eigenvalue weighted by Crippen LogP contribution is -2.23. The number of imidazole rings is 1. The number of carbonyl (C=O) groups is 1. The number of hydrogen-bond donors (Lipinski definition) is 1. The second-order valence-electron chi connectivity index (χ2n) is 4.31. The summed E-state index contributed by atoms with van der Waals surface area (Å²) >= 11 is 0. The van der Waals surface area contributed by atoms with Crippen LogP contribution in [-0.2, 0) is 9.53 Å². The third-order valence-corrected chi connectivity index (χ3v) is 3.13. The molecule has 2 aromatic rings. The number of nitrogens with two attached hydrogens (primary N) is 1. The smallest absolute Gasteiger partial charge is 0.328 e. The number of rotatable bonds is 4. The summed E-state index contributed by atoms with van der Waals surface area (Å²) in [5, 5.41) is 0. The lowest BCUT2D eigenvalue weighted by atomic mass is 10.0. The summed E-state index contributed by atoms with van der Waals surface area (Å²) in [6.07, 6.45) is 3.27. The highest BCUT2D eigenvalue weighted by molar-refractivity contribution is 5.73. The van der Waals surface area contributed by atoms with Crippen LogP contribution in [0.5, 0.6) is 0 Å². The predicted octanol–water partition coefficient (Wildman–Crippen LogP) is 1.67. The topological polar surface area (TPSA) is 70.1 Å². The van der Waals surface area contributed by atoms with E-state index in [4.69, 9.17) is 10.5 Å². The first-order chi connectivity index (χ1) is 9.15. The number of hydrogen-bond acceptors (Lipinski definition) is 4. The van der Waals surface area contributed by atoms with Crippen molar-refractivity contribution >= 4 is 5.97 Å². The molecule has 0 saturated carbocycles. The van der Waals surface area contributed by atoms with E-state index in [0.717, 1.165) is 11.3 Å². The predicted molar refractivity (Wildman–Crippen MR) is 71.4 cm³/mol. The van der Waals surface area contributed by atoms with Crippen LogP contribution >= 0.6 is 0 Å². The molecule has 2 unspecified atom stereocenters. The van der Waals surface area contributed by atoms with Crippen molar-refractivity contribution in [3.8, 4) is 0 Å². The van der Waals surface area contributed by atoms with Crippen LogP contribution in [0.25, 0.3) is 0 Å². The molecule has 0 aliphatic heterocycles. The molecule has 19 heavy (non-hydrogen) atoms. The molecule has 5 heteroatoms. The molecule has 0 saturated heterocycles. The van der Waals surface area contributed by atoms with Crippen LogP contribution in [0.3, 0.4) is 0 Å². The van der Waals surface area contributed by atoms with Gasteiger partial charge in [0.05, 0.1) is 31.4 Å². The zero-order valence-corrected chi connectivity index (χ0v) is 11.0. The molecular formula is C14H17N3O2. The molecule has 0 aliphatic rings. The third-order valence-electron chi connectivity index (χ3n) is 3.13. The van der Waals surface area contributed by atoms with E-state index in [1.54, 1.807) is 24.0 Å². The highest BCUT2D eigenvalue weighted by atomic mass is 16.5. The Hall–Kier alpha value is -2.14. The van der Waals surface area contributed by atoms with E-state index < -0.39 is 6.04 Å². The van der Waals surface area contributed by atoms with Gasteiger partial charge >= 0.3 is 5.97 Å². The molecule has 1 aromatic carbocycles. The fraction of sp³-hybridized carbons (Fsp3) is 0.286. The molecule has 1 heterocycles. The van der Waals surface area contributed by atoms with E-state index in [1.807, 2.05) is 30.3 Å². The van der Waals surface area contributed by atoms with Crippen molar-refractivity contribution in [3.63, 3.8) is 0 Å². The molecule has 5 nitrogen and oxygen atoms in total. The van der Waals surface area contributed by atoms with E-state index in [9.17, 15) is 4.79 Å². The molecule has 0 bridgehead atoms. The van der Waals surface area contributed by atoms with Crippen molar-refractivity contribution in [2.75, 3.05) is 7.11 Å². The molecular weight excluding hydrogens is 242 g/mol. The molecule has 2 atom stereocenters. The maximum atomic E-state index is 11.6. The summed E-state index contributed by atoms with van der Waals surface area (Å²) in [6.45, 7) is 1.76. The van der Waals surface area contributed by atoms with Gasteiger partial charge in [0.1, 0.15) is 6.04 Å². The van der Waals surface area contributed by atoms with Gasteiger partial charge in [0.25, 0.3) is 0 Å². The molecule has 100 valence electrons. The molecule has 0 amide bonds. The van der Waals surface area contributed by atoms with Crippen LogP contribution in [0.15, 0.2) is 42.9 Å². The van der Waals surface area contributed by atoms with Gasteiger partial charge in [-0.05, 0) is 12.5 Å². The van der Waals surface area contributed by atoms with Gasteiger partial charge < -0.3 is 15.0 Å². The van der Waals surface area contributed by atoms with Gasteiger partial charge in [0, 0.05) is 0 Å². The van der Waals surface area contributed by atoms with Crippen LogP contribution < -0.4 is 5.73 Å². The minimum atomic E-state index is -0.447. The van der Waals surface area contributed by atoms with Crippen molar-refractivity contribution in [2.45, 2.75) is 19.0 Å². The number of benzene rings is 1. The van der Waals surface area contributed by atoms with E-state index in [2.05, 4.69) is 4.98 Å². The molecule has 2 rings (SSSR count). The number of methoxy groups -OCH3 is 1. The largest absolute Gasteiger partial charge is 0.467 e. The number of aromatic nitrogens is 2. The number of esters is 1. The second kappa shape index (κ2) is 5.67. The average molecular weight is 259 g/mol. The lowest BCUT2D eigenvalue weighted by molar-refractivity contribution is -0.144. The lowest BCUT2D eigenvalue weighted by Gasteiger charge is -2.18. The Bertz CT molecular complexity index is 551. The maximum absolute atomic E-state index is 11.6. The average Bonchev–Trinajstić information content (AvgIpc) is 2.95. The molecule has 0 radical (unpaired) electrons. The number of carbonyl (C=O) groups excluding carboxylic acids is 1. The molecule has 0 spiro atoms. The zero-order chi connectivity index (χ0) is 13.8. The quantitative estimate of drug-likeness (QED) is 0.848. The van der Waals surface area contributed by atoms with E-state index in [-0.39, 0.29) is 12.0 Å². The highest BCUT2D eigenvalue weighted by Crippen LogP contribution is 2.22. The van der Waals surface area contributed by atoms with Gasteiger partial charge in [-0.15, -0.1) is 0 Å². The van der Waals surface area contributed by atoms with Crippen LogP contribution in [0.4, 0.5) is 0 Å². The van der Waals surface area contributed by atoms with Crippen molar-refractivity contribution in [2.24, 2.45) is 5.73 Å². The minimum Gasteiger partial charge on any atom is -0.467 e. The number of ether oxygens (including phenoxy) is 1. The third kappa shape index (κ3) is 2.66. The summed E-state index contributed by atoms with van der Waals surface area (Å²) in [7, 11) is 1.37. The summed E-state index contributed by atoms with van der Waals surface area (Å²) < 4.78 is 6.49. The Balaban J connectivity index is 2.32. The van der Waals surface area contributed by atoms with Crippen molar-refractivity contribution in [3.05, 3.63) is 54.1 Å². The second-order valence-corrected chi connectivity index (χ2v) is 4.31. The zero-order valence-electron chi connectivity index (χ0n) is 11.0. The Kier molecular flexibility index (Phi) is 3.97. The fourth-order valence-corrected chi connectivity index (χ4v) is 1.99. The summed E-state index contributed by atoms with van der Waals surface area (Å²) in [4.78, 5) is 15.7. The fourth-order valence-electron chi connectivity index (χ4n) is 1.99. The van der Waals surface area contributed by atoms with Gasteiger partial charge in [-0.25, -0.2) is 9.78 Å². The van der Waals surface area contributed by atoms with Crippen LogP contribution in [0, 0.1) is 0 Å². The first kappa shape index (κ1) is 13.3. The van der Waals surface area contributed by atoms with Crippen LogP contribution in [0.2, 0.25) is 0 Å². The van der Waals surface area contributed by atoms with Crippen molar-refractivity contribution in [1.29, 1.82) is 0 Å². The van der Waals surface area contributed by atoms with Gasteiger partial charge in [-0.1, -0.05) is 30.3 Å². The monoisotopic (exact) mass is 259 g/mol. The molecule has 1 aromatic heterocycles. The van der Waals surface area contributed by atoms with E-state index in [1.165, 1.54) is 7.11 Å². The SMILES string of the molecule is COC(=O)C(C)n1cncc1C(N)c1ccccc1. The van der Waals surface area contributed by atoms with E-state index >= 15 is 0 Å². The highest BCUT2D eigenvalue weighted by Gasteiger charge is 2.21. The Labute approximate surface area is 112 Å². The van der Waals surface area contributed by atoms with Gasteiger partial charge in [0.15, 0.2) is 0 Å². The Morgan fingerprint density at radius 3 is 2.68 bits per heavy atom. The standard InChI is InChI=1S/C14H17N3O2/c1-10(14(18)19-2)17-9-16-8-12(17)13(15)11-6-4-3-5-7-11/h3-10,13H,15H2,1-2H3. The summed E-state index contributed by atoms with van der Waals surface area (Å²) in [5.74, 6) is -0.320. The first-order valence-electron chi connectivity index (χ1n) is 6.05. The Morgan fingerprint density at radius 2 is 2.05 bits per heavy atom. The van der Waals surface area contributed by atoms with E-state index in [0.29, 0.717) is 0 Å². The molecule has 0 fully saturated rings.